The first-order chi connectivity index (χ1) is 14.2. The minimum absolute atomic E-state index is 0.444. The summed E-state index contributed by atoms with van der Waals surface area (Å²) in [6.07, 6.45) is 13.8. The van der Waals surface area contributed by atoms with Crippen LogP contribution in [0.1, 0.15) is 78.6 Å². The second kappa shape index (κ2) is 8.24. The summed E-state index contributed by atoms with van der Waals surface area (Å²) in [6, 6.07) is 0. The Balaban J connectivity index is 1.48. The molecule has 0 heterocycles. The van der Waals surface area contributed by atoms with Gasteiger partial charge in [0.05, 0.1) is 0 Å². The van der Waals surface area contributed by atoms with Crippen molar-refractivity contribution in [2.45, 2.75) is 130 Å². The molecule has 0 bridgehead atoms. The molecule has 9 atom stereocenters. The molecule has 2 nitrogen and oxygen atoms in total. The minimum atomic E-state index is -1.48. The molecule has 4 rings (SSSR count). The second-order valence-electron chi connectivity index (χ2n) is 14.4. The van der Waals surface area contributed by atoms with Crippen molar-refractivity contribution in [2.24, 2.45) is 40.4 Å². The molecular formula is C27H52O2Si2. The van der Waals surface area contributed by atoms with E-state index in [1.54, 1.807) is 0 Å². The van der Waals surface area contributed by atoms with Crippen LogP contribution in [0, 0.1) is 40.4 Å². The zero-order valence-corrected chi connectivity index (χ0v) is 24.2. The summed E-state index contributed by atoms with van der Waals surface area (Å²) < 4.78 is 13.3. The topological polar surface area (TPSA) is 18.5 Å². The Morgan fingerprint density at radius 1 is 0.742 bits per heavy atom. The minimum Gasteiger partial charge on any atom is -0.415 e. The molecule has 0 aliphatic heterocycles. The van der Waals surface area contributed by atoms with Gasteiger partial charge < -0.3 is 8.85 Å². The fourth-order valence-electron chi connectivity index (χ4n) is 9.28. The van der Waals surface area contributed by atoms with Crippen LogP contribution in [0.25, 0.3) is 0 Å². The Kier molecular flexibility index (Phi) is 6.50. The van der Waals surface area contributed by atoms with E-state index in [1.807, 2.05) is 0 Å². The zero-order valence-electron chi connectivity index (χ0n) is 22.2. The van der Waals surface area contributed by atoms with Crippen molar-refractivity contribution >= 4 is 16.6 Å². The van der Waals surface area contributed by atoms with E-state index in [0.717, 1.165) is 29.6 Å². The molecular weight excluding hydrogens is 412 g/mol. The van der Waals surface area contributed by atoms with Crippen molar-refractivity contribution in [1.82, 2.24) is 0 Å². The van der Waals surface area contributed by atoms with Crippen molar-refractivity contribution in [3.05, 3.63) is 0 Å². The molecule has 4 fully saturated rings. The molecule has 0 spiro atoms. The molecule has 0 saturated heterocycles. The smallest absolute Gasteiger partial charge is 0.184 e. The molecule has 4 aliphatic carbocycles. The van der Waals surface area contributed by atoms with Gasteiger partial charge in [0.2, 0.25) is 0 Å². The van der Waals surface area contributed by atoms with Crippen molar-refractivity contribution in [2.75, 3.05) is 0 Å². The van der Waals surface area contributed by atoms with Crippen LogP contribution in [0.2, 0.25) is 39.3 Å². The maximum absolute atomic E-state index is 6.66. The molecule has 4 saturated carbocycles. The van der Waals surface area contributed by atoms with Gasteiger partial charge in [0.1, 0.15) is 0 Å². The average Bonchev–Trinajstić information content (AvgIpc) is 2.97. The lowest BCUT2D eigenvalue weighted by Crippen LogP contribution is -2.55. The summed E-state index contributed by atoms with van der Waals surface area (Å²) >= 11 is 0. The van der Waals surface area contributed by atoms with E-state index in [1.165, 1.54) is 57.8 Å². The number of fused-ring (bicyclic) bond motifs is 5. The normalized spacial score (nSPS) is 46.7. The summed E-state index contributed by atoms with van der Waals surface area (Å²) in [5, 5.41) is 0. The van der Waals surface area contributed by atoms with E-state index >= 15 is 0 Å². The zero-order chi connectivity index (χ0) is 22.8. The van der Waals surface area contributed by atoms with Crippen molar-refractivity contribution in [1.29, 1.82) is 0 Å². The van der Waals surface area contributed by atoms with E-state index in [-0.39, 0.29) is 0 Å². The quantitative estimate of drug-likeness (QED) is 0.382. The maximum Gasteiger partial charge on any atom is 0.184 e. The monoisotopic (exact) mass is 464 g/mol. The Hall–Kier alpha value is 0.354. The van der Waals surface area contributed by atoms with Crippen LogP contribution >= 0.6 is 0 Å². The SMILES string of the molecule is C[C@@H](O[Si](C)(C)C)[C@H]1CC[C@H]2[C@@H]3CC[C@H]4C[C@H](O[Si](C)(C)C)CC[C@]4(C)[C@H]3CC[C@]12C. The van der Waals surface area contributed by atoms with E-state index < -0.39 is 16.6 Å². The van der Waals surface area contributed by atoms with Gasteiger partial charge in [-0.3, -0.25) is 0 Å². The van der Waals surface area contributed by atoms with Crippen molar-refractivity contribution in [3.8, 4) is 0 Å². The Morgan fingerprint density at radius 2 is 1.39 bits per heavy atom. The van der Waals surface area contributed by atoms with E-state index in [9.17, 15) is 0 Å². The predicted molar refractivity (Wildman–Crippen MR) is 137 cm³/mol. The van der Waals surface area contributed by atoms with Gasteiger partial charge in [0.15, 0.2) is 16.6 Å². The summed E-state index contributed by atoms with van der Waals surface area (Å²) in [6.45, 7) is 21.9. The Labute approximate surface area is 195 Å². The van der Waals surface area contributed by atoms with Crippen molar-refractivity contribution in [3.63, 3.8) is 0 Å². The van der Waals surface area contributed by atoms with Crippen LogP contribution in [-0.2, 0) is 8.85 Å². The molecule has 0 aromatic heterocycles. The van der Waals surface area contributed by atoms with Gasteiger partial charge in [-0.05, 0) is 144 Å². The molecule has 31 heavy (non-hydrogen) atoms. The number of rotatable bonds is 5. The molecule has 180 valence electrons. The van der Waals surface area contributed by atoms with Crippen LogP contribution in [-0.4, -0.2) is 28.8 Å². The summed E-state index contributed by atoms with van der Waals surface area (Å²) in [4.78, 5) is 0. The lowest BCUT2D eigenvalue weighted by molar-refractivity contribution is -0.129. The fourth-order valence-corrected chi connectivity index (χ4v) is 11.8. The van der Waals surface area contributed by atoms with Crippen LogP contribution in [0.3, 0.4) is 0 Å². The first-order valence-corrected chi connectivity index (χ1v) is 20.4. The van der Waals surface area contributed by atoms with Gasteiger partial charge in [-0.15, -0.1) is 0 Å². The highest BCUT2D eigenvalue weighted by molar-refractivity contribution is 6.70. The second-order valence-corrected chi connectivity index (χ2v) is 23.4. The number of hydrogen-bond donors (Lipinski definition) is 0. The van der Waals surface area contributed by atoms with Gasteiger partial charge in [-0.2, -0.15) is 0 Å². The third-order valence-electron chi connectivity index (χ3n) is 10.3. The summed E-state index contributed by atoms with van der Waals surface area (Å²) in [5.41, 5.74) is 1.09. The van der Waals surface area contributed by atoms with Gasteiger partial charge >= 0.3 is 0 Å². The highest BCUT2D eigenvalue weighted by Crippen LogP contribution is 2.68. The first kappa shape index (κ1) is 24.5. The predicted octanol–water partition coefficient (Wildman–Crippen LogP) is 8.11. The van der Waals surface area contributed by atoms with Gasteiger partial charge in [-0.25, -0.2) is 0 Å². The molecule has 0 aromatic rings. The lowest BCUT2D eigenvalue weighted by Gasteiger charge is -2.61. The molecule has 4 heteroatoms. The maximum atomic E-state index is 6.66. The molecule has 0 aromatic carbocycles. The third kappa shape index (κ3) is 4.66. The van der Waals surface area contributed by atoms with Gasteiger partial charge in [0.25, 0.3) is 0 Å². The fraction of sp³-hybridized carbons (Fsp3) is 1.00. The number of hydrogen-bond acceptors (Lipinski definition) is 2. The largest absolute Gasteiger partial charge is 0.415 e. The lowest BCUT2D eigenvalue weighted by atomic mass is 9.44. The average molecular weight is 465 g/mol. The molecule has 4 aliphatic rings. The van der Waals surface area contributed by atoms with Gasteiger partial charge in [0, 0.05) is 12.2 Å². The Bertz CT molecular complexity index is 653. The van der Waals surface area contributed by atoms with E-state index in [0.29, 0.717) is 23.0 Å². The summed E-state index contributed by atoms with van der Waals surface area (Å²) in [5.74, 6) is 4.55. The van der Waals surface area contributed by atoms with Crippen LogP contribution in [0.4, 0.5) is 0 Å². The molecule has 0 radical (unpaired) electrons. The third-order valence-corrected chi connectivity index (χ3v) is 12.4. The van der Waals surface area contributed by atoms with E-state index in [2.05, 4.69) is 60.1 Å². The standard InChI is InChI=1S/C27H52O2Si2/c1-19(28-30(4,5)6)23-12-13-24-22-11-10-20-18-21(29-31(7,8)9)14-16-26(20,2)25(22)15-17-27(23,24)3/h19-25H,10-18H2,1-9H3/t19-,20+,21-,22+,23-,24+,25+,26+,27-/m1/s1. The molecule has 0 unspecified atom stereocenters. The van der Waals surface area contributed by atoms with Crippen molar-refractivity contribution < 1.29 is 8.85 Å². The van der Waals surface area contributed by atoms with Gasteiger partial charge in [-0.1, -0.05) is 13.8 Å². The van der Waals surface area contributed by atoms with Crippen LogP contribution in [0.5, 0.6) is 0 Å². The molecule has 0 N–H and O–H groups in total. The highest BCUT2D eigenvalue weighted by atomic mass is 28.4. The highest BCUT2D eigenvalue weighted by Gasteiger charge is 2.61. The van der Waals surface area contributed by atoms with E-state index in [4.69, 9.17) is 8.85 Å². The molecule has 0 amide bonds. The van der Waals surface area contributed by atoms with Crippen LogP contribution < -0.4 is 0 Å². The first-order valence-electron chi connectivity index (χ1n) is 13.6. The van der Waals surface area contributed by atoms with Crippen LogP contribution in [0.15, 0.2) is 0 Å². The Morgan fingerprint density at radius 3 is 2.03 bits per heavy atom. The summed E-state index contributed by atoms with van der Waals surface area (Å²) in [7, 11) is -2.91.